The van der Waals surface area contributed by atoms with Gasteiger partial charge in [0.25, 0.3) is 5.69 Å². The summed E-state index contributed by atoms with van der Waals surface area (Å²) in [4.78, 5) is 10.0. The number of non-ortho nitro benzene ring substituents is 1. The Morgan fingerprint density at radius 3 is 2.59 bits per heavy atom. The molecule has 0 fully saturated rings. The predicted molar refractivity (Wildman–Crippen MR) is 60.2 cm³/mol. The molecule has 0 aromatic heterocycles. The zero-order valence-electron chi connectivity index (χ0n) is 8.63. The topological polar surface area (TPSA) is 63.4 Å². The lowest BCUT2D eigenvalue weighted by Crippen LogP contribution is -1.91. The first-order valence-electron chi connectivity index (χ1n) is 4.81. The SMILES string of the molecule is O=[N+]([O-])c1ccc(F)c(-c2cccc(O)c2)c1. The van der Waals surface area contributed by atoms with Gasteiger partial charge in [-0.25, -0.2) is 4.39 Å². The number of benzene rings is 2. The summed E-state index contributed by atoms with van der Waals surface area (Å²) in [6.45, 7) is 0. The van der Waals surface area contributed by atoms with E-state index < -0.39 is 10.7 Å². The lowest BCUT2D eigenvalue weighted by Gasteiger charge is -2.03. The number of halogens is 1. The second kappa shape index (κ2) is 4.21. The Morgan fingerprint density at radius 2 is 1.94 bits per heavy atom. The van der Waals surface area contributed by atoms with Gasteiger partial charge in [-0.1, -0.05) is 12.1 Å². The molecule has 0 saturated heterocycles. The fourth-order valence-electron chi connectivity index (χ4n) is 1.52. The molecule has 17 heavy (non-hydrogen) atoms. The van der Waals surface area contributed by atoms with Crippen LogP contribution in [0, 0.1) is 15.9 Å². The van der Waals surface area contributed by atoms with Gasteiger partial charge < -0.3 is 5.11 Å². The molecule has 4 nitrogen and oxygen atoms in total. The largest absolute Gasteiger partial charge is 0.508 e. The van der Waals surface area contributed by atoms with Crippen molar-refractivity contribution in [2.45, 2.75) is 0 Å². The number of nitrogens with zero attached hydrogens (tertiary/aromatic N) is 1. The monoisotopic (exact) mass is 233 g/mol. The Bertz CT molecular complexity index is 584. The summed E-state index contributed by atoms with van der Waals surface area (Å²) < 4.78 is 13.5. The lowest BCUT2D eigenvalue weighted by molar-refractivity contribution is -0.384. The Morgan fingerprint density at radius 1 is 1.18 bits per heavy atom. The van der Waals surface area contributed by atoms with Crippen LogP contribution in [0.5, 0.6) is 5.75 Å². The Hall–Kier alpha value is -2.43. The zero-order chi connectivity index (χ0) is 12.4. The van der Waals surface area contributed by atoms with E-state index in [1.807, 2.05) is 0 Å². The summed E-state index contributed by atoms with van der Waals surface area (Å²) in [6.07, 6.45) is 0. The fraction of sp³-hybridized carbons (Fsp3) is 0. The normalized spacial score (nSPS) is 10.2. The summed E-state index contributed by atoms with van der Waals surface area (Å²) in [5, 5.41) is 19.9. The first-order valence-corrected chi connectivity index (χ1v) is 4.81. The minimum atomic E-state index is -0.592. The molecule has 2 rings (SSSR count). The van der Waals surface area contributed by atoms with Crippen LogP contribution in [0.1, 0.15) is 0 Å². The van der Waals surface area contributed by atoms with E-state index >= 15 is 0 Å². The van der Waals surface area contributed by atoms with E-state index in [0.29, 0.717) is 5.56 Å². The minimum Gasteiger partial charge on any atom is -0.508 e. The molecular formula is C12H8FNO3. The molecule has 0 aliphatic carbocycles. The molecule has 0 aliphatic rings. The van der Waals surface area contributed by atoms with Gasteiger partial charge in [0.2, 0.25) is 0 Å². The molecular weight excluding hydrogens is 225 g/mol. The third-order valence-electron chi connectivity index (χ3n) is 2.32. The highest BCUT2D eigenvalue weighted by molar-refractivity contribution is 5.68. The standard InChI is InChI=1S/C12H8FNO3/c13-12-5-4-9(14(16)17)7-11(12)8-2-1-3-10(15)6-8/h1-7,15H. The number of phenolic OH excluding ortho intramolecular Hbond substituents is 1. The second-order valence-electron chi connectivity index (χ2n) is 3.47. The number of phenols is 1. The van der Waals surface area contributed by atoms with E-state index in [4.69, 9.17) is 0 Å². The van der Waals surface area contributed by atoms with Crippen molar-refractivity contribution in [2.75, 3.05) is 0 Å². The van der Waals surface area contributed by atoms with Crippen LogP contribution < -0.4 is 0 Å². The van der Waals surface area contributed by atoms with Crippen LogP contribution in [0.4, 0.5) is 10.1 Å². The first kappa shape index (κ1) is 11.1. The van der Waals surface area contributed by atoms with Gasteiger partial charge in [0.05, 0.1) is 4.92 Å². The van der Waals surface area contributed by atoms with Gasteiger partial charge >= 0.3 is 0 Å². The molecule has 0 atom stereocenters. The molecule has 0 spiro atoms. The Balaban J connectivity index is 2.58. The van der Waals surface area contributed by atoms with Gasteiger partial charge in [-0.05, 0) is 23.8 Å². The van der Waals surface area contributed by atoms with Crippen LogP contribution in [0.3, 0.4) is 0 Å². The van der Waals surface area contributed by atoms with Gasteiger partial charge in [-0.15, -0.1) is 0 Å². The molecule has 0 aliphatic heterocycles. The van der Waals surface area contributed by atoms with Crippen LogP contribution in [0.2, 0.25) is 0 Å². The summed E-state index contributed by atoms with van der Waals surface area (Å²) in [7, 11) is 0. The number of hydrogen-bond donors (Lipinski definition) is 1. The molecule has 0 saturated carbocycles. The summed E-state index contributed by atoms with van der Waals surface area (Å²) in [6, 6.07) is 9.19. The third kappa shape index (κ3) is 2.23. The van der Waals surface area contributed by atoms with E-state index in [1.54, 1.807) is 12.1 Å². The van der Waals surface area contributed by atoms with E-state index in [1.165, 1.54) is 12.1 Å². The third-order valence-corrected chi connectivity index (χ3v) is 2.32. The smallest absolute Gasteiger partial charge is 0.270 e. The van der Waals surface area contributed by atoms with Crippen molar-refractivity contribution < 1.29 is 14.4 Å². The summed E-state index contributed by atoms with van der Waals surface area (Å²) in [5.41, 5.74) is 0.297. The summed E-state index contributed by atoms with van der Waals surface area (Å²) in [5.74, 6) is -0.588. The zero-order valence-corrected chi connectivity index (χ0v) is 8.63. The molecule has 0 bridgehead atoms. The number of nitro groups is 1. The lowest BCUT2D eigenvalue weighted by atomic mass is 10.0. The fourth-order valence-corrected chi connectivity index (χ4v) is 1.52. The number of rotatable bonds is 2. The van der Waals surface area contributed by atoms with Crippen LogP contribution in [-0.2, 0) is 0 Å². The van der Waals surface area contributed by atoms with E-state index in [2.05, 4.69) is 0 Å². The van der Waals surface area contributed by atoms with E-state index in [0.717, 1.165) is 18.2 Å². The molecule has 0 amide bonds. The van der Waals surface area contributed by atoms with E-state index in [9.17, 15) is 19.6 Å². The highest BCUT2D eigenvalue weighted by Gasteiger charge is 2.12. The molecule has 0 heterocycles. The van der Waals surface area contributed by atoms with Gasteiger partial charge in [0, 0.05) is 17.7 Å². The number of hydrogen-bond acceptors (Lipinski definition) is 3. The van der Waals surface area contributed by atoms with Gasteiger partial charge in [-0.3, -0.25) is 10.1 Å². The predicted octanol–water partition coefficient (Wildman–Crippen LogP) is 3.11. The maximum absolute atomic E-state index is 13.5. The summed E-state index contributed by atoms with van der Waals surface area (Å²) >= 11 is 0. The van der Waals surface area contributed by atoms with Crippen molar-refractivity contribution in [1.82, 2.24) is 0 Å². The Kier molecular flexibility index (Phi) is 2.74. The molecule has 1 N–H and O–H groups in total. The number of aromatic hydroxyl groups is 1. The highest BCUT2D eigenvalue weighted by atomic mass is 19.1. The molecule has 2 aromatic carbocycles. The maximum atomic E-state index is 13.5. The van der Waals surface area contributed by atoms with Gasteiger partial charge in [0.1, 0.15) is 11.6 Å². The van der Waals surface area contributed by atoms with Gasteiger partial charge in [-0.2, -0.15) is 0 Å². The average Bonchev–Trinajstić information content (AvgIpc) is 2.29. The van der Waals surface area contributed by atoms with Crippen molar-refractivity contribution >= 4 is 5.69 Å². The molecule has 0 radical (unpaired) electrons. The van der Waals surface area contributed by atoms with Crippen LogP contribution in [0.25, 0.3) is 11.1 Å². The molecule has 5 heteroatoms. The second-order valence-corrected chi connectivity index (χ2v) is 3.47. The molecule has 2 aromatic rings. The number of nitro benzene ring substituents is 1. The Labute approximate surface area is 96.1 Å². The van der Waals surface area contributed by atoms with Crippen molar-refractivity contribution in [1.29, 1.82) is 0 Å². The van der Waals surface area contributed by atoms with Crippen molar-refractivity contribution in [3.63, 3.8) is 0 Å². The van der Waals surface area contributed by atoms with Crippen LogP contribution in [0.15, 0.2) is 42.5 Å². The van der Waals surface area contributed by atoms with Crippen molar-refractivity contribution in [2.24, 2.45) is 0 Å². The van der Waals surface area contributed by atoms with Crippen molar-refractivity contribution in [3.05, 3.63) is 58.4 Å². The van der Waals surface area contributed by atoms with Crippen LogP contribution in [-0.4, -0.2) is 10.0 Å². The highest BCUT2D eigenvalue weighted by Crippen LogP contribution is 2.28. The first-order chi connectivity index (χ1) is 8.08. The minimum absolute atomic E-state index is 0.0200. The molecule has 0 unspecified atom stereocenters. The maximum Gasteiger partial charge on any atom is 0.270 e. The average molecular weight is 233 g/mol. The van der Waals surface area contributed by atoms with Gasteiger partial charge in [0.15, 0.2) is 0 Å². The van der Waals surface area contributed by atoms with Crippen LogP contribution >= 0.6 is 0 Å². The van der Waals surface area contributed by atoms with E-state index in [-0.39, 0.29) is 17.0 Å². The molecule has 86 valence electrons. The van der Waals surface area contributed by atoms with Crippen molar-refractivity contribution in [3.8, 4) is 16.9 Å². The quantitative estimate of drug-likeness (QED) is 0.640.